The molecule has 0 bridgehead atoms. The minimum absolute atomic E-state index is 0.158. The molecule has 0 N–H and O–H groups in total. The molecule has 1 aromatic carbocycles. The number of rotatable bonds is 5. The lowest BCUT2D eigenvalue weighted by Crippen LogP contribution is -2.39. The number of imidazole rings is 1. The van der Waals surface area contributed by atoms with Crippen molar-refractivity contribution < 1.29 is 12.8 Å². The third-order valence-electron chi connectivity index (χ3n) is 4.60. The lowest BCUT2D eigenvalue weighted by molar-refractivity contribution is 0.251. The van der Waals surface area contributed by atoms with E-state index >= 15 is 0 Å². The van der Waals surface area contributed by atoms with E-state index in [4.69, 9.17) is 0 Å². The van der Waals surface area contributed by atoms with E-state index in [1.165, 1.54) is 28.6 Å². The maximum Gasteiger partial charge on any atom is 0.243 e. The molecule has 1 fully saturated rings. The van der Waals surface area contributed by atoms with E-state index in [1.54, 1.807) is 0 Å². The monoisotopic (exact) mass is 351 g/mol. The van der Waals surface area contributed by atoms with Crippen LogP contribution in [0.5, 0.6) is 0 Å². The van der Waals surface area contributed by atoms with Crippen LogP contribution in [0.1, 0.15) is 25.6 Å². The maximum absolute atomic E-state index is 13.0. The van der Waals surface area contributed by atoms with Crippen LogP contribution in [0, 0.1) is 11.7 Å². The van der Waals surface area contributed by atoms with Gasteiger partial charge in [-0.2, -0.15) is 4.31 Å². The fourth-order valence-corrected chi connectivity index (χ4v) is 4.66. The standard InChI is InChI=1S/C17H22FN3O2S/c1-2-17-19-9-12-20(17)13-14-7-10-21(11-8-14)24(22,23)16-5-3-15(18)4-6-16/h3-6,9,12,14H,2,7-8,10-11,13H2,1H3. The topological polar surface area (TPSA) is 55.2 Å². The normalized spacial score (nSPS) is 17.2. The third kappa shape index (κ3) is 3.52. The smallest absolute Gasteiger partial charge is 0.243 e. The van der Waals surface area contributed by atoms with Gasteiger partial charge in [0, 0.05) is 38.4 Å². The minimum Gasteiger partial charge on any atom is -0.335 e. The Kier molecular flexibility index (Phi) is 5.01. The molecule has 0 radical (unpaired) electrons. The highest BCUT2D eigenvalue weighted by Gasteiger charge is 2.29. The molecule has 5 nitrogen and oxygen atoms in total. The average molecular weight is 351 g/mol. The van der Waals surface area contributed by atoms with Gasteiger partial charge in [0.25, 0.3) is 0 Å². The van der Waals surface area contributed by atoms with Gasteiger partial charge in [0.05, 0.1) is 4.90 Å². The Balaban J connectivity index is 1.63. The Morgan fingerprint density at radius 1 is 1.21 bits per heavy atom. The fraction of sp³-hybridized carbons (Fsp3) is 0.471. The Labute approximate surface area is 142 Å². The first-order valence-electron chi connectivity index (χ1n) is 8.26. The van der Waals surface area contributed by atoms with Gasteiger partial charge in [0.2, 0.25) is 10.0 Å². The van der Waals surface area contributed by atoms with E-state index in [-0.39, 0.29) is 4.90 Å². The zero-order chi connectivity index (χ0) is 17.2. The second kappa shape index (κ2) is 7.03. The van der Waals surface area contributed by atoms with Crippen molar-refractivity contribution in [1.82, 2.24) is 13.9 Å². The number of piperidine rings is 1. The van der Waals surface area contributed by atoms with E-state index in [0.717, 1.165) is 31.6 Å². The van der Waals surface area contributed by atoms with Crippen LogP contribution < -0.4 is 0 Å². The summed E-state index contributed by atoms with van der Waals surface area (Å²) in [5.74, 6) is 1.08. The van der Waals surface area contributed by atoms with Crippen molar-refractivity contribution in [2.75, 3.05) is 13.1 Å². The predicted octanol–water partition coefficient (Wildman–Crippen LogP) is 2.69. The van der Waals surface area contributed by atoms with Crippen LogP contribution in [-0.2, 0) is 23.0 Å². The van der Waals surface area contributed by atoms with E-state index in [1.807, 2.05) is 12.4 Å². The first kappa shape index (κ1) is 17.1. The molecular weight excluding hydrogens is 329 g/mol. The Bertz CT molecular complexity index is 778. The van der Waals surface area contributed by atoms with Crippen molar-refractivity contribution in [3.05, 3.63) is 48.3 Å². The van der Waals surface area contributed by atoms with Gasteiger partial charge in [-0.3, -0.25) is 0 Å². The minimum atomic E-state index is -3.53. The highest BCUT2D eigenvalue weighted by molar-refractivity contribution is 7.89. The summed E-state index contributed by atoms with van der Waals surface area (Å²) in [4.78, 5) is 4.48. The SMILES string of the molecule is CCc1nccn1CC1CCN(S(=O)(=O)c2ccc(F)cc2)CC1. The van der Waals surface area contributed by atoms with Crippen LogP contribution in [0.15, 0.2) is 41.6 Å². The van der Waals surface area contributed by atoms with Crippen LogP contribution in [0.4, 0.5) is 4.39 Å². The summed E-state index contributed by atoms with van der Waals surface area (Å²) in [5.41, 5.74) is 0. The molecule has 0 unspecified atom stereocenters. The van der Waals surface area contributed by atoms with E-state index in [2.05, 4.69) is 16.5 Å². The molecule has 2 aromatic rings. The van der Waals surface area contributed by atoms with Gasteiger partial charge in [0.15, 0.2) is 0 Å². The van der Waals surface area contributed by atoms with Gasteiger partial charge in [-0.1, -0.05) is 6.92 Å². The fourth-order valence-electron chi connectivity index (χ4n) is 3.19. The van der Waals surface area contributed by atoms with Crippen LogP contribution in [0.3, 0.4) is 0 Å². The highest BCUT2D eigenvalue weighted by Crippen LogP contribution is 2.25. The van der Waals surface area contributed by atoms with E-state index in [9.17, 15) is 12.8 Å². The zero-order valence-corrected chi connectivity index (χ0v) is 14.5. The van der Waals surface area contributed by atoms with Crippen LogP contribution >= 0.6 is 0 Å². The average Bonchev–Trinajstić information content (AvgIpc) is 3.03. The molecule has 0 atom stereocenters. The predicted molar refractivity (Wildman–Crippen MR) is 89.5 cm³/mol. The van der Waals surface area contributed by atoms with Crippen LogP contribution in [-0.4, -0.2) is 35.4 Å². The van der Waals surface area contributed by atoms with Gasteiger partial charge >= 0.3 is 0 Å². The van der Waals surface area contributed by atoms with Crippen molar-refractivity contribution in [3.8, 4) is 0 Å². The molecule has 0 amide bonds. The molecular formula is C17H22FN3O2S. The third-order valence-corrected chi connectivity index (χ3v) is 6.51. The summed E-state index contributed by atoms with van der Waals surface area (Å²) in [5, 5.41) is 0. The first-order valence-corrected chi connectivity index (χ1v) is 9.70. The molecule has 0 spiro atoms. The van der Waals surface area contributed by atoms with Crippen LogP contribution in [0.25, 0.3) is 0 Å². The van der Waals surface area contributed by atoms with Crippen molar-refractivity contribution in [3.63, 3.8) is 0 Å². The molecule has 0 aliphatic carbocycles. The molecule has 7 heteroatoms. The largest absolute Gasteiger partial charge is 0.335 e. The number of halogens is 1. The van der Waals surface area contributed by atoms with Gasteiger partial charge in [-0.05, 0) is 43.0 Å². The highest BCUT2D eigenvalue weighted by atomic mass is 32.2. The molecule has 1 aliphatic heterocycles. The Hall–Kier alpha value is -1.73. The summed E-state index contributed by atoms with van der Waals surface area (Å²) >= 11 is 0. The molecule has 1 aromatic heterocycles. The molecule has 0 saturated carbocycles. The second-order valence-electron chi connectivity index (χ2n) is 6.15. The number of benzene rings is 1. The van der Waals surface area contributed by atoms with Crippen molar-refractivity contribution in [2.45, 2.75) is 37.6 Å². The van der Waals surface area contributed by atoms with Gasteiger partial charge < -0.3 is 4.57 Å². The Morgan fingerprint density at radius 2 is 1.88 bits per heavy atom. The number of sulfonamides is 1. The van der Waals surface area contributed by atoms with Crippen molar-refractivity contribution >= 4 is 10.0 Å². The summed E-state index contributed by atoms with van der Waals surface area (Å²) in [6.45, 7) is 3.96. The second-order valence-corrected chi connectivity index (χ2v) is 8.09. The molecule has 3 rings (SSSR count). The van der Waals surface area contributed by atoms with Crippen molar-refractivity contribution in [2.24, 2.45) is 5.92 Å². The molecule has 24 heavy (non-hydrogen) atoms. The molecule has 1 aliphatic rings. The van der Waals surface area contributed by atoms with Gasteiger partial charge in [0.1, 0.15) is 11.6 Å². The first-order chi connectivity index (χ1) is 11.5. The lowest BCUT2D eigenvalue weighted by atomic mass is 9.98. The zero-order valence-electron chi connectivity index (χ0n) is 13.7. The molecule has 1 saturated heterocycles. The molecule has 130 valence electrons. The number of hydrogen-bond donors (Lipinski definition) is 0. The Morgan fingerprint density at radius 3 is 2.50 bits per heavy atom. The number of aryl methyl sites for hydroxylation is 1. The van der Waals surface area contributed by atoms with E-state index < -0.39 is 15.8 Å². The summed E-state index contributed by atoms with van der Waals surface area (Å²) < 4.78 is 41.9. The number of aromatic nitrogens is 2. The summed E-state index contributed by atoms with van der Waals surface area (Å²) in [6, 6.07) is 5.03. The quantitative estimate of drug-likeness (QED) is 0.832. The van der Waals surface area contributed by atoms with Crippen LogP contribution in [0.2, 0.25) is 0 Å². The summed E-state index contributed by atoms with van der Waals surface area (Å²) in [7, 11) is -3.53. The molecule has 2 heterocycles. The lowest BCUT2D eigenvalue weighted by Gasteiger charge is -2.31. The number of hydrogen-bond acceptors (Lipinski definition) is 3. The maximum atomic E-state index is 13.0. The van der Waals surface area contributed by atoms with Crippen molar-refractivity contribution in [1.29, 1.82) is 0 Å². The number of nitrogens with zero attached hydrogens (tertiary/aromatic N) is 3. The summed E-state index contributed by atoms with van der Waals surface area (Å²) in [6.07, 6.45) is 6.34. The van der Waals surface area contributed by atoms with Gasteiger partial charge in [-0.25, -0.2) is 17.8 Å². The van der Waals surface area contributed by atoms with Gasteiger partial charge in [-0.15, -0.1) is 0 Å². The van der Waals surface area contributed by atoms with E-state index in [0.29, 0.717) is 19.0 Å².